The standard InChI is InChI=1S/C18H16N2O3/c21-17-10-11-20(18(22)19-17)12-15-8-4-5-9-16(15)23-13-14-6-2-1-3-7-14/h1-11H,12-13H2,(H,19,21,22). The van der Waals surface area contributed by atoms with Crippen molar-refractivity contribution in [2.45, 2.75) is 13.2 Å². The van der Waals surface area contributed by atoms with Crippen LogP contribution < -0.4 is 16.0 Å². The quantitative estimate of drug-likeness (QED) is 0.785. The average Bonchev–Trinajstić information content (AvgIpc) is 2.57. The van der Waals surface area contributed by atoms with Crippen molar-refractivity contribution in [3.05, 3.63) is 98.8 Å². The minimum atomic E-state index is -0.435. The molecular formula is C18H16N2O3. The summed E-state index contributed by atoms with van der Waals surface area (Å²) < 4.78 is 7.31. The third-order valence-electron chi connectivity index (χ3n) is 3.45. The molecule has 0 atom stereocenters. The largest absolute Gasteiger partial charge is 0.489 e. The summed E-state index contributed by atoms with van der Waals surface area (Å²) in [5.41, 5.74) is 1.11. The van der Waals surface area contributed by atoms with E-state index in [9.17, 15) is 9.59 Å². The van der Waals surface area contributed by atoms with Crippen molar-refractivity contribution in [1.29, 1.82) is 0 Å². The molecule has 1 heterocycles. The van der Waals surface area contributed by atoms with Crippen molar-refractivity contribution in [3.8, 4) is 5.75 Å². The first-order valence-corrected chi connectivity index (χ1v) is 7.27. The Balaban J connectivity index is 1.80. The summed E-state index contributed by atoms with van der Waals surface area (Å²) in [6.45, 7) is 0.791. The molecule has 0 bridgehead atoms. The van der Waals surface area contributed by atoms with Crippen LogP contribution in [0.2, 0.25) is 0 Å². The minimum Gasteiger partial charge on any atom is -0.489 e. The lowest BCUT2D eigenvalue weighted by molar-refractivity contribution is 0.302. The monoisotopic (exact) mass is 308 g/mol. The normalized spacial score (nSPS) is 10.4. The number of ether oxygens (including phenoxy) is 1. The summed E-state index contributed by atoms with van der Waals surface area (Å²) in [4.78, 5) is 25.2. The van der Waals surface area contributed by atoms with Crippen LogP contribution in [-0.2, 0) is 13.2 Å². The molecule has 0 saturated carbocycles. The smallest absolute Gasteiger partial charge is 0.328 e. The van der Waals surface area contributed by atoms with Crippen LogP contribution in [-0.4, -0.2) is 9.55 Å². The molecule has 0 aliphatic heterocycles. The molecule has 0 unspecified atom stereocenters. The van der Waals surface area contributed by atoms with Crippen molar-refractivity contribution in [2.75, 3.05) is 0 Å². The van der Waals surface area contributed by atoms with E-state index in [-0.39, 0.29) is 0 Å². The van der Waals surface area contributed by atoms with Crippen LogP contribution in [0.3, 0.4) is 0 Å². The van der Waals surface area contributed by atoms with E-state index in [1.165, 1.54) is 16.8 Å². The molecular weight excluding hydrogens is 292 g/mol. The van der Waals surface area contributed by atoms with Crippen molar-refractivity contribution in [2.24, 2.45) is 0 Å². The molecule has 5 nitrogen and oxygen atoms in total. The number of H-pyrrole nitrogens is 1. The van der Waals surface area contributed by atoms with Crippen LogP contribution in [0.4, 0.5) is 0 Å². The zero-order chi connectivity index (χ0) is 16.1. The molecule has 0 saturated heterocycles. The summed E-state index contributed by atoms with van der Waals surface area (Å²) >= 11 is 0. The number of benzene rings is 2. The van der Waals surface area contributed by atoms with E-state index in [1.54, 1.807) is 0 Å². The maximum Gasteiger partial charge on any atom is 0.328 e. The summed E-state index contributed by atoms with van der Waals surface area (Å²) in [7, 11) is 0. The molecule has 0 fully saturated rings. The first-order chi connectivity index (χ1) is 11.2. The average molecular weight is 308 g/mol. The summed E-state index contributed by atoms with van der Waals surface area (Å²) in [5.74, 6) is 0.717. The molecule has 2 aromatic carbocycles. The number of aromatic amines is 1. The second-order valence-electron chi connectivity index (χ2n) is 5.12. The molecule has 0 amide bonds. The minimum absolute atomic E-state index is 0.334. The van der Waals surface area contributed by atoms with Gasteiger partial charge in [0.05, 0.1) is 6.54 Å². The van der Waals surface area contributed by atoms with E-state index in [0.717, 1.165) is 16.9 Å². The highest BCUT2D eigenvalue weighted by Gasteiger charge is 2.06. The zero-order valence-electron chi connectivity index (χ0n) is 12.4. The summed E-state index contributed by atoms with van der Waals surface area (Å²) in [6, 6.07) is 18.8. The number of para-hydroxylation sites is 1. The van der Waals surface area contributed by atoms with E-state index >= 15 is 0 Å². The molecule has 0 spiro atoms. The summed E-state index contributed by atoms with van der Waals surface area (Å²) in [6.07, 6.45) is 1.48. The third-order valence-corrected chi connectivity index (χ3v) is 3.45. The lowest BCUT2D eigenvalue weighted by atomic mass is 10.2. The maximum atomic E-state index is 11.8. The number of nitrogens with one attached hydrogen (secondary N) is 1. The van der Waals surface area contributed by atoms with Gasteiger partial charge in [-0.05, 0) is 11.6 Å². The predicted molar refractivity (Wildman–Crippen MR) is 87.6 cm³/mol. The number of hydrogen-bond donors (Lipinski definition) is 1. The molecule has 0 aliphatic carbocycles. The second kappa shape index (κ2) is 6.79. The molecule has 3 aromatic rings. The molecule has 3 rings (SSSR count). The van der Waals surface area contributed by atoms with Gasteiger partial charge < -0.3 is 4.74 Å². The van der Waals surface area contributed by atoms with Crippen molar-refractivity contribution in [1.82, 2.24) is 9.55 Å². The van der Waals surface area contributed by atoms with Crippen molar-refractivity contribution < 1.29 is 4.74 Å². The molecule has 5 heteroatoms. The van der Waals surface area contributed by atoms with Gasteiger partial charge in [-0.3, -0.25) is 14.3 Å². The van der Waals surface area contributed by atoms with Gasteiger partial charge >= 0.3 is 5.69 Å². The first kappa shape index (κ1) is 14.8. The Labute approximate surface area is 132 Å². The summed E-state index contributed by atoms with van der Waals surface area (Å²) in [5, 5.41) is 0. The van der Waals surface area contributed by atoms with Crippen LogP contribution in [0.25, 0.3) is 0 Å². The fourth-order valence-electron chi connectivity index (χ4n) is 2.26. The zero-order valence-corrected chi connectivity index (χ0v) is 12.4. The van der Waals surface area contributed by atoms with Gasteiger partial charge in [-0.1, -0.05) is 48.5 Å². The SMILES string of the molecule is O=c1ccn(Cc2ccccc2OCc2ccccc2)c(=O)[nH]1. The maximum absolute atomic E-state index is 11.8. The van der Waals surface area contributed by atoms with Crippen molar-refractivity contribution >= 4 is 0 Å². The second-order valence-corrected chi connectivity index (χ2v) is 5.12. The van der Waals surface area contributed by atoms with E-state index in [4.69, 9.17) is 4.74 Å². The molecule has 1 N–H and O–H groups in total. The van der Waals surface area contributed by atoms with Gasteiger partial charge in [0.1, 0.15) is 12.4 Å². The number of aromatic nitrogens is 2. The van der Waals surface area contributed by atoms with Crippen LogP contribution in [0.5, 0.6) is 5.75 Å². The Morgan fingerprint density at radius 2 is 1.65 bits per heavy atom. The number of hydrogen-bond acceptors (Lipinski definition) is 3. The van der Waals surface area contributed by atoms with Crippen molar-refractivity contribution in [3.63, 3.8) is 0 Å². The third kappa shape index (κ3) is 3.77. The van der Waals surface area contributed by atoms with Gasteiger partial charge in [-0.2, -0.15) is 0 Å². The molecule has 23 heavy (non-hydrogen) atoms. The van der Waals surface area contributed by atoms with Gasteiger partial charge in [-0.25, -0.2) is 4.79 Å². The first-order valence-electron chi connectivity index (χ1n) is 7.27. The Morgan fingerprint density at radius 1 is 0.913 bits per heavy atom. The molecule has 116 valence electrons. The predicted octanol–water partition coefficient (Wildman–Crippen LogP) is 2.16. The van der Waals surface area contributed by atoms with E-state index in [0.29, 0.717) is 13.2 Å². The van der Waals surface area contributed by atoms with Gasteiger partial charge in [-0.15, -0.1) is 0 Å². The Kier molecular flexibility index (Phi) is 4.38. The van der Waals surface area contributed by atoms with Gasteiger partial charge in [0.2, 0.25) is 0 Å². The Bertz CT molecular complexity index is 898. The molecule has 1 aromatic heterocycles. The topological polar surface area (TPSA) is 64.1 Å². The molecule has 0 radical (unpaired) electrons. The van der Waals surface area contributed by atoms with Crippen LogP contribution >= 0.6 is 0 Å². The Morgan fingerprint density at radius 3 is 2.43 bits per heavy atom. The van der Waals surface area contributed by atoms with E-state index in [1.807, 2.05) is 54.6 Å². The van der Waals surface area contributed by atoms with Crippen LogP contribution in [0.15, 0.2) is 76.4 Å². The Hall–Kier alpha value is -3.08. The van der Waals surface area contributed by atoms with Gasteiger partial charge in [0.15, 0.2) is 0 Å². The highest BCUT2D eigenvalue weighted by Crippen LogP contribution is 2.20. The fraction of sp³-hybridized carbons (Fsp3) is 0.111. The van der Waals surface area contributed by atoms with E-state index in [2.05, 4.69) is 4.98 Å². The lowest BCUT2D eigenvalue weighted by Gasteiger charge is -2.12. The fourth-order valence-corrected chi connectivity index (χ4v) is 2.26. The highest BCUT2D eigenvalue weighted by atomic mass is 16.5. The highest BCUT2D eigenvalue weighted by molar-refractivity contribution is 5.33. The van der Waals surface area contributed by atoms with E-state index < -0.39 is 11.2 Å². The van der Waals surface area contributed by atoms with Gasteiger partial charge in [0.25, 0.3) is 5.56 Å². The van der Waals surface area contributed by atoms with Crippen LogP contribution in [0, 0.1) is 0 Å². The number of nitrogens with zero attached hydrogens (tertiary/aromatic N) is 1. The number of rotatable bonds is 5. The molecule has 0 aliphatic rings. The lowest BCUT2D eigenvalue weighted by Crippen LogP contribution is -2.28. The van der Waals surface area contributed by atoms with Crippen LogP contribution in [0.1, 0.15) is 11.1 Å². The van der Waals surface area contributed by atoms with Gasteiger partial charge in [0, 0.05) is 17.8 Å².